The summed E-state index contributed by atoms with van der Waals surface area (Å²) in [5.41, 5.74) is 2.22. The number of amides is 1. The van der Waals surface area contributed by atoms with Crippen LogP contribution < -0.4 is 5.32 Å². The normalized spacial score (nSPS) is 10.0. The summed E-state index contributed by atoms with van der Waals surface area (Å²) in [6, 6.07) is 11.1. The first-order valence-corrected chi connectivity index (χ1v) is 8.66. The number of carbonyl (C=O) groups is 2. The molecule has 0 unspecified atom stereocenters. The Bertz CT molecular complexity index is 832. The van der Waals surface area contributed by atoms with Gasteiger partial charge in [-0.05, 0) is 66.6 Å². The molecule has 134 valence electrons. The molecule has 1 amide bonds. The smallest absolute Gasteiger partial charge is 0.306 e. The van der Waals surface area contributed by atoms with Crippen molar-refractivity contribution in [3.8, 4) is 5.40 Å². The van der Waals surface area contributed by atoms with Crippen LogP contribution in [0.25, 0.3) is 0 Å². The average molecular weight is 372 g/mol. The Morgan fingerprint density at radius 2 is 1.96 bits per heavy atom. The number of anilines is 1. The molecule has 0 aliphatic carbocycles. The van der Waals surface area contributed by atoms with E-state index in [0.29, 0.717) is 12.1 Å². The van der Waals surface area contributed by atoms with Crippen LogP contribution in [0.3, 0.4) is 0 Å². The number of thiocyanates is 1. The minimum Gasteiger partial charge on any atom is -0.456 e. The molecule has 0 saturated carbocycles. The van der Waals surface area contributed by atoms with Crippen LogP contribution in [-0.2, 0) is 20.7 Å². The van der Waals surface area contributed by atoms with Gasteiger partial charge in [-0.15, -0.1) is 0 Å². The van der Waals surface area contributed by atoms with E-state index in [-0.39, 0.29) is 18.8 Å². The Morgan fingerprint density at radius 3 is 2.62 bits per heavy atom. The van der Waals surface area contributed by atoms with Gasteiger partial charge in [0.25, 0.3) is 5.91 Å². The molecule has 0 atom stereocenters. The largest absolute Gasteiger partial charge is 0.456 e. The number of rotatable bonds is 7. The number of nitrogens with zero attached hydrogens (tertiary/aromatic N) is 1. The third kappa shape index (κ3) is 6.22. The van der Waals surface area contributed by atoms with Gasteiger partial charge in [0.1, 0.15) is 11.2 Å². The predicted molar refractivity (Wildman–Crippen MR) is 97.0 cm³/mol. The highest BCUT2D eigenvalue weighted by Gasteiger charge is 2.10. The molecule has 2 aromatic rings. The van der Waals surface area contributed by atoms with Gasteiger partial charge < -0.3 is 10.1 Å². The lowest BCUT2D eigenvalue weighted by atomic mass is 10.1. The van der Waals surface area contributed by atoms with E-state index in [2.05, 4.69) is 5.32 Å². The number of hydrogen-bond donors (Lipinski definition) is 1. The van der Waals surface area contributed by atoms with Gasteiger partial charge >= 0.3 is 5.97 Å². The number of thioether (sulfide) groups is 1. The van der Waals surface area contributed by atoms with Crippen LogP contribution in [0.1, 0.15) is 17.5 Å². The number of benzene rings is 2. The molecule has 0 fully saturated rings. The second kappa shape index (κ2) is 9.59. The highest BCUT2D eigenvalue weighted by molar-refractivity contribution is 8.03. The quantitative estimate of drug-likeness (QED) is 0.454. The van der Waals surface area contributed by atoms with E-state index in [4.69, 9.17) is 10.00 Å². The minimum atomic E-state index is -0.498. The second-order valence-electron chi connectivity index (χ2n) is 5.51. The molecular weight excluding hydrogens is 355 g/mol. The molecule has 0 aliphatic heterocycles. The van der Waals surface area contributed by atoms with Gasteiger partial charge in [-0.25, -0.2) is 4.39 Å². The van der Waals surface area contributed by atoms with E-state index < -0.39 is 11.9 Å². The molecule has 26 heavy (non-hydrogen) atoms. The van der Waals surface area contributed by atoms with Crippen molar-refractivity contribution in [2.24, 2.45) is 0 Å². The van der Waals surface area contributed by atoms with Crippen LogP contribution in [0.4, 0.5) is 10.1 Å². The van der Waals surface area contributed by atoms with Crippen LogP contribution in [0.2, 0.25) is 0 Å². The monoisotopic (exact) mass is 372 g/mol. The third-order valence-corrected chi connectivity index (χ3v) is 4.11. The number of nitrogens with one attached hydrogen (secondary N) is 1. The summed E-state index contributed by atoms with van der Waals surface area (Å²) in [4.78, 5) is 24.4. The Labute approximate surface area is 155 Å². The highest BCUT2D eigenvalue weighted by Crippen LogP contribution is 2.23. The molecule has 2 rings (SSSR count). The zero-order chi connectivity index (χ0) is 18.9. The molecule has 0 spiro atoms. The maximum Gasteiger partial charge on any atom is 0.306 e. The highest BCUT2D eigenvalue weighted by atomic mass is 32.2. The van der Waals surface area contributed by atoms with Gasteiger partial charge in [0.15, 0.2) is 6.61 Å². The van der Waals surface area contributed by atoms with Crippen molar-refractivity contribution in [2.75, 3.05) is 11.9 Å². The Morgan fingerprint density at radius 1 is 1.23 bits per heavy atom. The van der Waals surface area contributed by atoms with E-state index in [1.165, 1.54) is 12.1 Å². The fourth-order valence-corrected chi connectivity index (χ4v) is 2.67. The van der Waals surface area contributed by atoms with E-state index in [1.54, 1.807) is 30.3 Å². The zero-order valence-electron chi connectivity index (χ0n) is 14.1. The maximum absolute atomic E-state index is 12.8. The van der Waals surface area contributed by atoms with Crippen LogP contribution in [0.5, 0.6) is 0 Å². The van der Waals surface area contributed by atoms with Crippen molar-refractivity contribution >= 4 is 29.3 Å². The van der Waals surface area contributed by atoms with Gasteiger partial charge in [-0.3, -0.25) is 9.59 Å². The molecule has 5 nitrogen and oxygen atoms in total. The van der Waals surface area contributed by atoms with Crippen LogP contribution >= 0.6 is 11.8 Å². The molecule has 0 bridgehead atoms. The SMILES string of the molecule is Cc1cc(SC#N)ccc1NC(=O)COC(=O)CCc1ccc(F)cc1. The molecular formula is C19H17FN2O3S. The molecule has 0 heterocycles. The summed E-state index contributed by atoms with van der Waals surface area (Å²) in [5, 5.41) is 13.3. The maximum atomic E-state index is 12.8. The minimum absolute atomic E-state index is 0.109. The molecule has 7 heteroatoms. The summed E-state index contributed by atoms with van der Waals surface area (Å²) in [6.07, 6.45) is 0.524. The van der Waals surface area contributed by atoms with E-state index in [1.807, 2.05) is 12.3 Å². The molecule has 0 saturated heterocycles. The first kappa shape index (κ1) is 19.5. The molecule has 0 radical (unpaired) electrons. The van der Waals surface area contributed by atoms with Crippen LogP contribution in [0.15, 0.2) is 47.4 Å². The number of nitriles is 1. The topological polar surface area (TPSA) is 79.2 Å². The zero-order valence-corrected chi connectivity index (χ0v) is 14.9. The van der Waals surface area contributed by atoms with Crippen molar-refractivity contribution in [1.29, 1.82) is 5.26 Å². The molecule has 0 aliphatic rings. The lowest BCUT2D eigenvalue weighted by molar-refractivity contribution is -0.147. The number of hydrogen-bond acceptors (Lipinski definition) is 5. The summed E-state index contributed by atoms with van der Waals surface area (Å²) < 4.78 is 17.8. The lowest BCUT2D eigenvalue weighted by Gasteiger charge is -2.10. The van der Waals surface area contributed by atoms with Crippen molar-refractivity contribution < 1.29 is 18.7 Å². The molecule has 0 aromatic heterocycles. The van der Waals surface area contributed by atoms with Crippen molar-refractivity contribution in [3.05, 3.63) is 59.4 Å². The Hall–Kier alpha value is -2.85. The summed E-state index contributed by atoms with van der Waals surface area (Å²) in [7, 11) is 0. The number of ether oxygens (including phenoxy) is 1. The summed E-state index contributed by atoms with van der Waals surface area (Å²) in [6.45, 7) is 1.43. The van der Waals surface area contributed by atoms with Gasteiger partial charge in [-0.1, -0.05) is 12.1 Å². The fourth-order valence-electron chi connectivity index (χ4n) is 2.19. The van der Waals surface area contributed by atoms with E-state index in [0.717, 1.165) is 27.8 Å². The Kier molecular flexibility index (Phi) is 7.18. The first-order valence-electron chi connectivity index (χ1n) is 7.84. The van der Waals surface area contributed by atoms with Gasteiger partial charge in [0, 0.05) is 17.0 Å². The predicted octanol–water partition coefficient (Wildman–Crippen LogP) is 3.82. The average Bonchev–Trinajstić information content (AvgIpc) is 2.62. The van der Waals surface area contributed by atoms with Crippen LogP contribution in [-0.4, -0.2) is 18.5 Å². The summed E-state index contributed by atoms with van der Waals surface area (Å²) >= 11 is 1.04. The standard InChI is InChI=1S/C19H17FN2O3S/c1-13-10-16(26-12-21)7-8-17(13)22-18(23)11-25-19(24)9-4-14-2-5-15(20)6-3-14/h2-3,5-8,10H,4,9,11H2,1H3,(H,22,23). The fraction of sp³-hybridized carbons (Fsp3) is 0.211. The molecule has 2 aromatic carbocycles. The van der Waals surface area contributed by atoms with E-state index in [9.17, 15) is 14.0 Å². The van der Waals surface area contributed by atoms with Gasteiger partial charge in [0.05, 0.1) is 0 Å². The molecule has 1 N–H and O–H groups in total. The van der Waals surface area contributed by atoms with E-state index >= 15 is 0 Å². The number of esters is 1. The first-order chi connectivity index (χ1) is 12.5. The lowest BCUT2D eigenvalue weighted by Crippen LogP contribution is -2.21. The van der Waals surface area contributed by atoms with Crippen molar-refractivity contribution in [1.82, 2.24) is 0 Å². The third-order valence-electron chi connectivity index (χ3n) is 3.53. The van der Waals surface area contributed by atoms with Gasteiger partial charge in [-0.2, -0.15) is 5.26 Å². The van der Waals surface area contributed by atoms with Crippen molar-refractivity contribution in [3.63, 3.8) is 0 Å². The van der Waals surface area contributed by atoms with Crippen molar-refractivity contribution in [2.45, 2.75) is 24.7 Å². The number of carbonyl (C=O) groups excluding carboxylic acids is 2. The van der Waals surface area contributed by atoms with Gasteiger partial charge in [0.2, 0.25) is 0 Å². The van der Waals surface area contributed by atoms with Crippen LogP contribution in [0, 0.1) is 23.4 Å². The number of aryl methyl sites for hydroxylation is 2. The number of halogens is 1. The summed E-state index contributed by atoms with van der Waals surface area (Å²) in [5.74, 6) is -1.27. The Balaban J connectivity index is 1.76. The second-order valence-corrected chi connectivity index (χ2v) is 6.36.